The second-order valence-corrected chi connectivity index (χ2v) is 7.89. The second-order valence-electron chi connectivity index (χ2n) is 6.86. The minimum absolute atomic E-state index is 0.225. The zero-order valence-corrected chi connectivity index (χ0v) is 17.1. The first-order valence-corrected chi connectivity index (χ1v) is 10.0. The first-order valence-electron chi connectivity index (χ1n) is 9.22. The van der Waals surface area contributed by atoms with Gasteiger partial charge in [-0.15, -0.1) is 11.3 Å². The number of pyridine rings is 1. The smallest absolute Gasteiger partial charge is 0.336 e. The number of fused-ring (bicyclic) bond motifs is 1. The van der Waals surface area contributed by atoms with Crippen molar-refractivity contribution in [2.45, 2.75) is 20.0 Å². The van der Waals surface area contributed by atoms with Gasteiger partial charge in [-0.05, 0) is 36.2 Å². The molecule has 0 aliphatic heterocycles. The topological polar surface area (TPSA) is 85.5 Å². The molecule has 0 aliphatic carbocycles. The van der Waals surface area contributed by atoms with Crippen molar-refractivity contribution in [1.82, 2.24) is 19.3 Å². The molecule has 3 aromatic heterocycles. The fourth-order valence-electron chi connectivity index (χ4n) is 3.10. The van der Waals surface area contributed by atoms with Crippen LogP contribution in [0.25, 0.3) is 4.83 Å². The van der Waals surface area contributed by atoms with E-state index in [9.17, 15) is 23.2 Å². The van der Waals surface area contributed by atoms with Crippen LogP contribution in [0.1, 0.15) is 26.4 Å². The molecule has 1 N–H and O–H groups in total. The van der Waals surface area contributed by atoms with Crippen molar-refractivity contribution in [3.8, 4) is 0 Å². The summed E-state index contributed by atoms with van der Waals surface area (Å²) < 4.78 is 28.8. The van der Waals surface area contributed by atoms with E-state index in [0.29, 0.717) is 4.83 Å². The van der Waals surface area contributed by atoms with Crippen LogP contribution in [0.5, 0.6) is 0 Å². The maximum Gasteiger partial charge on any atom is 0.336 e. The minimum Gasteiger partial charge on any atom is -0.347 e. The Labute approximate surface area is 178 Å². The molecular weight excluding hydrogens is 426 g/mol. The van der Waals surface area contributed by atoms with Crippen molar-refractivity contribution in [2.24, 2.45) is 0 Å². The fraction of sp³-hybridized carbons (Fsp3) is 0.143. The highest BCUT2D eigenvalue weighted by Gasteiger charge is 2.18. The van der Waals surface area contributed by atoms with E-state index in [4.69, 9.17) is 0 Å². The Hall–Kier alpha value is -3.66. The first-order chi connectivity index (χ1) is 14.8. The largest absolute Gasteiger partial charge is 0.347 e. The molecule has 4 aromatic rings. The SMILES string of the molecule is Cc1c(=O)n(Cc2ccc(F)c(F)c2)c(=O)n2cc(C(=O)NCc3cccnc3)sc12. The van der Waals surface area contributed by atoms with Gasteiger partial charge in [-0.2, -0.15) is 0 Å². The number of amides is 1. The predicted octanol–water partition coefficient (Wildman–Crippen LogP) is 2.48. The van der Waals surface area contributed by atoms with Gasteiger partial charge in [-0.1, -0.05) is 12.1 Å². The summed E-state index contributed by atoms with van der Waals surface area (Å²) >= 11 is 1.03. The molecule has 0 unspecified atom stereocenters. The number of nitrogens with zero attached hydrogens (tertiary/aromatic N) is 3. The van der Waals surface area contributed by atoms with Crippen LogP contribution < -0.4 is 16.6 Å². The molecule has 4 rings (SSSR count). The highest BCUT2D eigenvalue weighted by atomic mass is 32.1. The Kier molecular flexibility index (Phi) is 5.47. The highest BCUT2D eigenvalue weighted by Crippen LogP contribution is 2.18. The van der Waals surface area contributed by atoms with Crippen LogP contribution in [0, 0.1) is 18.6 Å². The molecule has 0 bridgehead atoms. The number of aromatic nitrogens is 3. The Morgan fingerprint density at radius 2 is 1.97 bits per heavy atom. The fourth-order valence-corrected chi connectivity index (χ4v) is 4.10. The maximum absolute atomic E-state index is 13.5. The van der Waals surface area contributed by atoms with E-state index < -0.39 is 28.8 Å². The molecule has 158 valence electrons. The number of aryl methyl sites for hydroxylation is 1. The standard InChI is InChI=1S/C21H16F2N4O3S/c1-12-19(29)26(10-13-4-5-15(22)16(23)7-13)21(30)27-11-17(31-20(12)27)18(28)25-9-14-3-2-6-24-8-14/h2-8,11H,9-10H2,1H3,(H,25,28). The number of hydrogen-bond acceptors (Lipinski definition) is 5. The second kappa shape index (κ2) is 8.23. The van der Waals surface area contributed by atoms with Gasteiger partial charge in [0.05, 0.1) is 6.54 Å². The Morgan fingerprint density at radius 3 is 2.68 bits per heavy atom. The van der Waals surface area contributed by atoms with E-state index in [2.05, 4.69) is 10.3 Å². The highest BCUT2D eigenvalue weighted by molar-refractivity contribution is 7.19. The van der Waals surface area contributed by atoms with Crippen LogP contribution in [-0.4, -0.2) is 19.9 Å². The average Bonchev–Trinajstić information content (AvgIpc) is 3.23. The van der Waals surface area contributed by atoms with Crippen molar-refractivity contribution in [3.63, 3.8) is 0 Å². The molecule has 0 atom stereocenters. The van der Waals surface area contributed by atoms with E-state index in [1.165, 1.54) is 16.7 Å². The summed E-state index contributed by atoms with van der Waals surface area (Å²) in [6.07, 6.45) is 4.63. The van der Waals surface area contributed by atoms with E-state index in [1.54, 1.807) is 25.4 Å². The minimum atomic E-state index is -1.06. The van der Waals surface area contributed by atoms with Gasteiger partial charge in [0, 0.05) is 30.7 Å². The zero-order chi connectivity index (χ0) is 22.1. The number of carbonyl (C=O) groups is 1. The quantitative estimate of drug-likeness (QED) is 0.515. The number of nitrogens with one attached hydrogen (secondary N) is 1. The number of halogens is 2. The lowest BCUT2D eigenvalue weighted by Crippen LogP contribution is -2.38. The molecule has 0 aliphatic rings. The molecule has 10 heteroatoms. The number of carbonyl (C=O) groups excluding carboxylic acids is 1. The van der Waals surface area contributed by atoms with Crippen LogP contribution >= 0.6 is 11.3 Å². The Balaban J connectivity index is 1.67. The van der Waals surface area contributed by atoms with Crippen molar-refractivity contribution < 1.29 is 13.6 Å². The molecule has 1 amide bonds. The number of rotatable bonds is 5. The lowest BCUT2D eigenvalue weighted by Gasteiger charge is -2.08. The van der Waals surface area contributed by atoms with Crippen LogP contribution in [0.15, 0.2) is 58.5 Å². The molecular formula is C21H16F2N4O3S. The maximum atomic E-state index is 13.5. The van der Waals surface area contributed by atoms with Gasteiger partial charge in [-0.3, -0.25) is 23.5 Å². The van der Waals surface area contributed by atoms with E-state index in [-0.39, 0.29) is 29.1 Å². The molecule has 3 heterocycles. The molecule has 0 saturated carbocycles. The van der Waals surface area contributed by atoms with E-state index in [0.717, 1.165) is 33.6 Å². The third-order valence-corrected chi connectivity index (χ3v) is 5.93. The van der Waals surface area contributed by atoms with Gasteiger partial charge in [0.25, 0.3) is 11.5 Å². The van der Waals surface area contributed by atoms with Gasteiger partial charge < -0.3 is 5.32 Å². The normalized spacial score (nSPS) is 11.1. The van der Waals surface area contributed by atoms with Gasteiger partial charge in [0.15, 0.2) is 11.6 Å². The zero-order valence-electron chi connectivity index (χ0n) is 16.3. The van der Waals surface area contributed by atoms with Crippen molar-refractivity contribution >= 4 is 22.1 Å². The molecule has 0 radical (unpaired) electrons. The van der Waals surface area contributed by atoms with Crippen LogP contribution in [0.2, 0.25) is 0 Å². The Morgan fingerprint density at radius 1 is 1.16 bits per heavy atom. The third kappa shape index (κ3) is 4.02. The predicted molar refractivity (Wildman–Crippen MR) is 111 cm³/mol. The van der Waals surface area contributed by atoms with Gasteiger partial charge in [-0.25, -0.2) is 13.6 Å². The average molecular weight is 442 g/mol. The van der Waals surface area contributed by atoms with Crippen LogP contribution in [0.4, 0.5) is 8.78 Å². The monoisotopic (exact) mass is 442 g/mol. The lowest BCUT2D eigenvalue weighted by atomic mass is 10.2. The third-order valence-electron chi connectivity index (χ3n) is 4.72. The van der Waals surface area contributed by atoms with Crippen molar-refractivity contribution in [3.05, 3.63) is 103 Å². The molecule has 1 aromatic carbocycles. The Bertz CT molecular complexity index is 1410. The lowest BCUT2D eigenvalue weighted by molar-refractivity contribution is 0.0954. The summed E-state index contributed by atoms with van der Waals surface area (Å²) in [4.78, 5) is 42.8. The summed E-state index contributed by atoms with van der Waals surface area (Å²) in [7, 11) is 0. The van der Waals surface area contributed by atoms with Crippen LogP contribution in [0.3, 0.4) is 0 Å². The summed E-state index contributed by atoms with van der Waals surface area (Å²) in [5.74, 6) is -2.47. The molecule has 31 heavy (non-hydrogen) atoms. The van der Waals surface area contributed by atoms with Crippen LogP contribution in [-0.2, 0) is 13.1 Å². The number of hydrogen-bond donors (Lipinski definition) is 1. The number of thiazole rings is 1. The van der Waals surface area contributed by atoms with Gasteiger partial charge >= 0.3 is 5.69 Å². The van der Waals surface area contributed by atoms with E-state index >= 15 is 0 Å². The molecule has 0 spiro atoms. The summed E-state index contributed by atoms with van der Waals surface area (Å²) in [6, 6.07) is 6.76. The van der Waals surface area contributed by atoms with Gasteiger partial charge in [0.2, 0.25) is 0 Å². The first kappa shape index (κ1) is 20.6. The van der Waals surface area contributed by atoms with Crippen molar-refractivity contribution in [2.75, 3.05) is 0 Å². The molecule has 0 fully saturated rings. The summed E-state index contributed by atoms with van der Waals surface area (Å²) in [6.45, 7) is 1.58. The summed E-state index contributed by atoms with van der Waals surface area (Å²) in [5, 5.41) is 2.75. The summed E-state index contributed by atoms with van der Waals surface area (Å²) in [5.41, 5.74) is 0.133. The molecule has 7 nitrogen and oxygen atoms in total. The van der Waals surface area contributed by atoms with E-state index in [1.807, 2.05) is 6.07 Å². The van der Waals surface area contributed by atoms with Gasteiger partial charge in [0.1, 0.15) is 9.71 Å². The number of benzene rings is 1. The van der Waals surface area contributed by atoms with Crippen molar-refractivity contribution in [1.29, 1.82) is 0 Å². The molecule has 0 saturated heterocycles.